The molecule has 1 heterocycles. The number of carbonyl (C=O) groups is 1. The Hall–Kier alpha value is -2.33. The summed E-state index contributed by atoms with van der Waals surface area (Å²) < 4.78 is 5.69. The minimum Gasteiger partial charge on any atom is -0.494 e. The largest absolute Gasteiger partial charge is 0.494 e. The van der Waals surface area contributed by atoms with E-state index in [1.54, 1.807) is 0 Å². The lowest BCUT2D eigenvalue weighted by Gasteiger charge is -2.37. The van der Waals surface area contributed by atoms with Crippen LogP contribution >= 0.6 is 0 Å². The summed E-state index contributed by atoms with van der Waals surface area (Å²) in [5, 5.41) is 9.48. The number of benzene rings is 2. The van der Waals surface area contributed by atoms with Gasteiger partial charge in [-0.05, 0) is 56.5 Å². The highest BCUT2D eigenvalue weighted by Crippen LogP contribution is 2.34. The molecule has 2 aromatic rings. The first-order valence-electron chi connectivity index (χ1n) is 9.34. The highest BCUT2D eigenvalue weighted by Gasteiger charge is 2.31. The molecule has 0 bridgehead atoms. The molecule has 0 radical (unpaired) electrons. The molecule has 0 saturated carbocycles. The first kappa shape index (κ1) is 18.5. The number of piperidine rings is 1. The van der Waals surface area contributed by atoms with Crippen LogP contribution in [0.5, 0.6) is 5.75 Å². The number of ether oxygens (including phenoxy) is 1. The van der Waals surface area contributed by atoms with Gasteiger partial charge in [0.1, 0.15) is 5.75 Å². The summed E-state index contributed by atoms with van der Waals surface area (Å²) in [7, 11) is 0. The second-order valence-corrected chi connectivity index (χ2v) is 6.99. The molecule has 0 spiro atoms. The Bertz CT molecular complexity index is 741. The van der Waals surface area contributed by atoms with Crippen molar-refractivity contribution in [2.75, 3.05) is 19.7 Å². The Morgan fingerprint density at radius 3 is 2.69 bits per heavy atom. The third kappa shape index (κ3) is 4.25. The Morgan fingerprint density at radius 2 is 2.00 bits per heavy atom. The van der Waals surface area contributed by atoms with Crippen molar-refractivity contribution in [2.45, 2.75) is 32.7 Å². The van der Waals surface area contributed by atoms with Crippen molar-refractivity contribution >= 4 is 5.97 Å². The molecule has 2 atom stereocenters. The number of hydrogen-bond donors (Lipinski definition) is 1. The summed E-state index contributed by atoms with van der Waals surface area (Å²) in [5.41, 5.74) is 3.55. The standard InChI is InChI=1S/C22H27NO3/c1-3-26-20-8-4-6-18(14-20)21(17-11-9-16(2)10-12-17)23-13-5-7-19(15-23)22(24)25/h4,6,8-12,14,19,21H,3,5,7,13,15H2,1-2H3,(H,24,25). The van der Waals surface area contributed by atoms with Crippen LogP contribution in [0.2, 0.25) is 0 Å². The zero-order valence-electron chi connectivity index (χ0n) is 15.5. The molecule has 1 saturated heterocycles. The van der Waals surface area contributed by atoms with Gasteiger partial charge in [-0.25, -0.2) is 0 Å². The van der Waals surface area contributed by atoms with E-state index in [0.717, 1.165) is 30.7 Å². The number of nitrogens with zero attached hydrogens (tertiary/aromatic N) is 1. The average molecular weight is 353 g/mol. The van der Waals surface area contributed by atoms with E-state index < -0.39 is 5.97 Å². The number of aryl methyl sites for hydroxylation is 1. The van der Waals surface area contributed by atoms with Crippen LogP contribution in [-0.2, 0) is 4.79 Å². The maximum atomic E-state index is 11.5. The van der Waals surface area contributed by atoms with E-state index in [-0.39, 0.29) is 12.0 Å². The molecule has 2 aromatic carbocycles. The van der Waals surface area contributed by atoms with Crippen LogP contribution < -0.4 is 4.74 Å². The fourth-order valence-corrected chi connectivity index (χ4v) is 3.75. The summed E-state index contributed by atoms with van der Waals surface area (Å²) in [5.74, 6) is -0.138. The molecule has 1 N–H and O–H groups in total. The van der Waals surface area contributed by atoms with Crippen molar-refractivity contribution in [3.63, 3.8) is 0 Å². The molecule has 1 aliphatic rings. The van der Waals surface area contributed by atoms with E-state index in [1.165, 1.54) is 11.1 Å². The third-order valence-corrected chi connectivity index (χ3v) is 5.05. The lowest BCUT2D eigenvalue weighted by atomic mass is 9.91. The van der Waals surface area contributed by atoms with Crippen LogP contribution in [0.4, 0.5) is 0 Å². The Balaban J connectivity index is 1.97. The molecule has 0 amide bonds. The van der Waals surface area contributed by atoms with Gasteiger partial charge >= 0.3 is 5.97 Å². The van der Waals surface area contributed by atoms with Crippen LogP contribution in [0.25, 0.3) is 0 Å². The molecule has 4 heteroatoms. The van der Waals surface area contributed by atoms with Crippen molar-refractivity contribution in [1.29, 1.82) is 0 Å². The lowest BCUT2D eigenvalue weighted by molar-refractivity contribution is -0.143. The normalized spacial score (nSPS) is 19.1. The molecule has 1 aliphatic heterocycles. The fraction of sp³-hybridized carbons (Fsp3) is 0.409. The van der Waals surface area contributed by atoms with E-state index in [4.69, 9.17) is 4.74 Å². The van der Waals surface area contributed by atoms with Crippen molar-refractivity contribution in [3.8, 4) is 5.75 Å². The summed E-state index contributed by atoms with van der Waals surface area (Å²) in [6.07, 6.45) is 1.66. The van der Waals surface area contributed by atoms with Crippen LogP contribution in [0.3, 0.4) is 0 Å². The highest BCUT2D eigenvalue weighted by molar-refractivity contribution is 5.70. The van der Waals surface area contributed by atoms with Gasteiger partial charge in [-0.2, -0.15) is 0 Å². The van der Waals surface area contributed by atoms with Crippen molar-refractivity contribution in [2.24, 2.45) is 5.92 Å². The second-order valence-electron chi connectivity index (χ2n) is 6.99. The molecular formula is C22H27NO3. The molecule has 4 nitrogen and oxygen atoms in total. The van der Waals surface area contributed by atoms with Gasteiger partial charge in [-0.15, -0.1) is 0 Å². The van der Waals surface area contributed by atoms with Gasteiger partial charge in [0, 0.05) is 6.54 Å². The van der Waals surface area contributed by atoms with E-state index in [2.05, 4.69) is 48.2 Å². The van der Waals surface area contributed by atoms with Crippen LogP contribution in [0, 0.1) is 12.8 Å². The maximum Gasteiger partial charge on any atom is 0.307 e. The topological polar surface area (TPSA) is 49.8 Å². The first-order chi connectivity index (χ1) is 12.6. The van der Waals surface area contributed by atoms with E-state index >= 15 is 0 Å². The molecular weight excluding hydrogens is 326 g/mol. The van der Waals surface area contributed by atoms with Crippen molar-refractivity contribution in [3.05, 3.63) is 65.2 Å². The number of hydrogen-bond acceptors (Lipinski definition) is 3. The second kappa shape index (κ2) is 8.37. The van der Waals surface area contributed by atoms with Gasteiger partial charge in [-0.3, -0.25) is 9.69 Å². The summed E-state index contributed by atoms with van der Waals surface area (Å²) in [6, 6.07) is 16.7. The van der Waals surface area contributed by atoms with E-state index in [0.29, 0.717) is 13.2 Å². The Morgan fingerprint density at radius 1 is 1.23 bits per heavy atom. The highest BCUT2D eigenvalue weighted by atomic mass is 16.5. The SMILES string of the molecule is CCOc1cccc(C(c2ccc(C)cc2)N2CCCC(C(=O)O)C2)c1. The average Bonchev–Trinajstić information content (AvgIpc) is 2.64. The lowest BCUT2D eigenvalue weighted by Crippen LogP contribution is -2.41. The Kier molecular flexibility index (Phi) is 5.94. The maximum absolute atomic E-state index is 11.5. The van der Waals surface area contributed by atoms with Crippen LogP contribution in [0.1, 0.15) is 42.5 Å². The number of carboxylic acid groups (broad SMARTS) is 1. The number of likely N-dealkylation sites (tertiary alicyclic amines) is 1. The van der Waals surface area contributed by atoms with Gasteiger partial charge in [0.05, 0.1) is 18.6 Å². The van der Waals surface area contributed by atoms with Gasteiger partial charge in [0.25, 0.3) is 0 Å². The van der Waals surface area contributed by atoms with Gasteiger partial charge in [-0.1, -0.05) is 42.0 Å². The number of aliphatic carboxylic acids is 1. The molecule has 26 heavy (non-hydrogen) atoms. The molecule has 3 rings (SSSR count). The summed E-state index contributed by atoms with van der Waals surface area (Å²) in [4.78, 5) is 13.8. The van der Waals surface area contributed by atoms with Gasteiger partial charge in [0.2, 0.25) is 0 Å². The third-order valence-electron chi connectivity index (χ3n) is 5.05. The van der Waals surface area contributed by atoms with Crippen LogP contribution in [0.15, 0.2) is 48.5 Å². The first-order valence-corrected chi connectivity index (χ1v) is 9.34. The van der Waals surface area contributed by atoms with Crippen molar-refractivity contribution < 1.29 is 14.6 Å². The number of carboxylic acids is 1. The molecule has 138 valence electrons. The monoisotopic (exact) mass is 353 g/mol. The van der Waals surface area contributed by atoms with Crippen molar-refractivity contribution in [1.82, 2.24) is 4.90 Å². The summed E-state index contributed by atoms with van der Waals surface area (Å²) in [6.45, 7) is 6.17. The van der Waals surface area contributed by atoms with Gasteiger partial charge < -0.3 is 9.84 Å². The Labute approximate surface area is 155 Å². The molecule has 0 aliphatic carbocycles. The van der Waals surface area contributed by atoms with E-state index in [9.17, 15) is 9.90 Å². The minimum absolute atomic E-state index is 0.0400. The quantitative estimate of drug-likeness (QED) is 0.842. The minimum atomic E-state index is -0.694. The predicted octanol–water partition coefficient (Wildman–Crippen LogP) is 4.28. The molecule has 2 unspecified atom stereocenters. The smallest absolute Gasteiger partial charge is 0.307 e. The number of rotatable bonds is 6. The molecule has 0 aromatic heterocycles. The zero-order valence-corrected chi connectivity index (χ0v) is 15.5. The fourth-order valence-electron chi connectivity index (χ4n) is 3.75. The van der Waals surface area contributed by atoms with E-state index in [1.807, 2.05) is 19.1 Å². The predicted molar refractivity (Wildman–Crippen MR) is 103 cm³/mol. The molecule has 1 fully saturated rings. The summed E-state index contributed by atoms with van der Waals surface area (Å²) >= 11 is 0. The van der Waals surface area contributed by atoms with Gasteiger partial charge in [0.15, 0.2) is 0 Å². The van der Waals surface area contributed by atoms with Crippen LogP contribution in [-0.4, -0.2) is 35.7 Å². The zero-order chi connectivity index (χ0) is 18.5.